The van der Waals surface area contributed by atoms with Crippen LogP contribution >= 0.6 is 0 Å². The lowest BCUT2D eigenvalue weighted by molar-refractivity contribution is -0.116. The zero-order valence-corrected chi connectivity index (χ0v) is 14.6. The van der Waals surface area contributed by atoms with Gasteiger partial charge >= 0.3 is 0 Å². The first-order valence-corrected chi connectivity index (χ1v) is 9.00. The summed E-state index contributed by atoms with van der Waals surface area (Å²) >= 11 is 0. The molecule has 0 aliphatic carbocycles. The Balaban J connectivity index is 1.94. The number of hydrogen-bond donors (Lipinski definition) is 2. The van der Waals surface area contributed by atoms with E-state index in [0.717, 1.165) is 23.3 Å². The molecule has 0 aliphatic rings. The maximum absolute atomic E-state index is 13.1. The molecule has 0 saturated carbocycles. The van der Waals surface area contributed by atoms with Crippen molar-refractivity contribution in [1.29, 1.82) is 0 Å². The third-order valence-electron chi connectivity index (χ3n) is 3.72. The molecule has 134 valence electrons. The summed E-state index contributed by atoms with van der Waals surface area (Å²) in [6, 6.07) is 7.76. The van der Waals surface area contributed by atoms with Crippen LogP contribution in [0.25, 0.3) is 0 Å². The summed E-state index contributed by atoms with van der Waals surface area (Å²) in [6.07, 6.45) is -0.101. The molecule has 0 aliphatic heterocycles. The molecule has 2 N–H and O–H groups in total. The molecular weight excluding hydrogens is 350 g/mol. The maximum atomic E-state index is 13.1. The van der Waals surface area contributed by atoms with Crippen molar-refractivity contribution >= 4 is 21.6 Å². The molecule has 0 unspecified atom stereocenters. The Morgan fingerprint density at radius 1 is 1.08 bits per heavy atom. The summed E-state index contributed by atoms with van der Waals surface area (Å²) in [5.41, 5.74) is 2.61. The summed E-state index contributed by atoms with van der Waals surface area (Å²) in [7, 11) is -4.02. The van der Waals surface area contributed by atoms with E-state index >= 15 is 0 Å². The van der Waals surface area contributed by atoms with Crippen LogP contribution in [0, 0.1) is 25.5 Å². The SMILES string of the molecule is Cc1cccc(NC(=O)CCNS(=O)(=O)c2ccc(F)c(F)c2)c1C. The lowest BCUT2D eigenvalue weighted by atomic mass is 10.1. The Hall–Kier alpha value is -2.32. The fourth-order valence-electron chi connectivity index (χ4n) is 2.13. The van der Waals surface area contributed by atoms with Crippen molar-refractivity contribution in [2.24, 2.45) is 0 Å². The molecule has 0 aromatic heterocycles. The number of benzene rings is 2. The monoisotopic (exact) mass is 368 g/mol. The predicted octanol–water partition coefficient (Wildman–Crippen LogP) is 2.89. The van der Waals surface area contributed by atoms with Crippen LogP contribution in [0.3, 0.4) is 0 Å². The van der Waals surface area contributed by atoms with Gasteiger partial charge in [0.15, 0.2) is 11.6 Å². The van der Waals surface area contributed by atoms with Crippen LogP contribution < -0.4 is 10.0 Å². The van der Waals surface area contributed by atoms with Gasteiger partial charge in [-0.25, -0.2) is 21.9 Å². The molecule has 0 spiro atoms. The average Bonchev–Trinajstić information content (AvgIpc) is 2.54. The lowest BCUT2D eigenvalue weighted by Gasteiger charge is -2.11. The van der Waals surface area contributed by atoms with Gasteiger partial charge in [-0.2, -0.15) is 0 Å². The minimum atomic E-state index is -4.02. The van der Waals surface area contributed by atoms with E-state index in [0.29, 0.717) is 11.8 Å². The van der Waals surface area contributed by atoms with Crippen molar-refractivity contribution in [3.63, 3.8) is 0 Å². The van der Waals surface area contributed by atoms with E-state index in [2.05, 4.69) is 10.0 Å². The summed E-state index contributed by atoms with van der Waals surface area (Å²) in [4.78, 5) is 11.5. The van der Waals surface area contributed by atoms with Gasteiger partial charge in [0.2, 0.25) is 15.9 Å². The lowest BCUT2D eigenvalue weighted by Crippen LogP contribution is -2.28. The summed E-state index contributed by atoms with van der Waals surface area (Å²) < 4.78 is 52.2. The Morgan fingerprint density at radius 3 is 2.48 bits per heavy atom. The molecule has 0 radical (unpaired) electrons. The highest BCUT2D eigenvalue weighted by molar-refractivity contribution is 7.89. The van der Waals surface area contributed by atoms with Crippen LogP contribution in [0.4, 0.5) is 14.5 Å². The Bertz CT molecular complexity index is 899. The van der Waals surface area contributed by atoms with Gasteiger partial charge in [0.05, 0.1) is 4.90 Å². The standard InChI is InChI=1S/C17H18F2N2O3S/c1-11-4-3-5-16(12(11)2)21-17(22)8-9-20-25(23,24)13-6-7-14(18)15(19)10-13/h3-7,10,20H,8-9H2,1-2H3,(H,21,22). The number of carbonyl (C=O) groups excluding carboxylic acids is 1. The van der Waals surface area contributed by atoms with E-state index in [1.54, 1.807) is 6.07 Å². The fraction of sp³-hybridized carbons (Fsp3) is 0.235. The molecule has 0 heterocycles. The number of amides is 1. The fourth-order valence-corrected chi connectivity index (χ4v) is 3.17. The second-order valence-electron chi connectivity index (χ2n) is 5.52. The second kappa shape index (κ2) is 7.71. The molecule has 8 heteroatoms. The van der Waals surface area contributed by atoms with E-state index in [4.69, 9.17) is 0 Å². The largest absolute Gasteiger partial charge is 0.326 e. The minimum absolute atomic E-state index is 0.101. The van der Waals surface area contributed by atoms with Gasteiger partial charge in [-0.05, 0) is 49.2 Å². The van der Waals surface area contributed by atoms with Gasteiger partial charge in [0.1, 0.15) is 0 Å². The average molecular weight is 368 g/mol. The summed E-state index contributed by atoms with van der Waals surface area (Å²) in [5.74, 6) is -2.75. The van der Waals surface area contributed by atoms with Crippen LogP contribution in [0.5, 0.6) is 0 Å². The number of rotatable bonds is 6. The summed E-state index contributed by atoms with van der Waals surface area (Å²) in [5, 5.41) is 2.71. The molecule has 2 rings (SSSR count). The smallest absolute Gasteiger partial charge is 0.240 e. The van der Waals surface area contributed by atoms with Gasteiger partial charge in [0, 0.05) is 18.7 Å². The highest BCUT2D eigenvalue weighted by atomic mass is 32.2. The van der Waals surface area contributed by atoms with Crippen molar-refractivity contribution in [1.82, 2.24) is 4.72 Å². The van der Waals surface area contributed by atoms with E-state index in [9.17, 15) is 22.0 Å². The maximum Gasteiger partial charge on any atom is 0.240 e. The normalized spacial score (nSPS) is 11.4. The highest BCUT2D eigenvalue weighted by Crippen LogP contribution is 2.18. The van der Waals surface area contributed by atoms with Gasteiger partial charge < -0.3 is 5.32 Å². The number of anilines is 1. The molecule has 2 aromatic carbocycles. The first-order chi connectivity index (χ1) is 11.7. The topological polar surface area (TPSA) is 75.3 Å². The molecule has 2 aromatic rings. The third kappa shape index (κ3) is 4.83. The highest BCUT2D eigenvalue weighted by Gasteiger charge is 2.16. The van der Waals surface area contributed by atoms with Crippen molar-refractivity contribution in [3.8, 4) is 0 Å². The van der Waals surface area contributed by atoms with Crippen LogP contribution in [-0.4, -0.2) is 20.9 Å². The molecule has 25 heavy (non-hydrogen) atoms. The quantitative estimate of drug-likeness (QED) is 0.823. The van der Waals surface area contributed by atoms with Crippen LogP contribution in [0.15, 0.2) is 41.3 Å². The number of sulfonamides is 1. The van der Waals surface area contributed by atoms with Crippen LogP contribution in [0.2, 0.25) is 0 Å². The number of aryl methyl sites for hydroxylation is 1. The van der Waals surface area contributed by atoms with Gasteiger partial charge in [-0.1, -0.05) is 12.1 Å². The van der Waals surface area contributed by atoms with Gasteiger partial charge in [0.25, 0.3) is 0 Å². The predicted molar refractivity (Wildman–Crippen MR) is 90.7 cm³/mol. The molecule has 0 bridgehead atoms. The summed E-state index contributed by atoms with van der Waals surface area (Å²) in [6.45, 7) is 3.62. The van der Waals surface area contributed by atoms with Crippen LogP contribution in [-0.2, 0) is 14.8 Å². The number of nitrogens with one attached hydrogen (secondary N) is 2. The molecule has 0 saturated heterocycles. The number of hydrogen-bond acceptors (Lipinski definition) is 3. The van der Waals surface area contributed by atoms with Gasteiger partial charge in [-0.15, -0.1) is 0 Å². The van der Waals surface area contributed by atoms with Crippen molar-refractivity contribution in [3.05, 3.63) is 59.2 Å². The second-order valence-corrected chi connectivity index (χ2v) is 7.29. The zero-order valence-electron chi connectivity index (χ0n) is 13.8. The van der Waals surface area contributed by atoms with Crippen molar-refractivity contribution in [2.75, 3.05) is 11.9 Å². The minimum Gasteiger partial charge on any atom is -0.326 e. The van der Waals surface area contributed by atoms with Crippen LogP contribution in [0.1, 0.15) is 17.5 Å². The Kier molecular flexibility index (Phi) is 5.86. The molecule has 0 atom stereocenters. The number of halogens is 2. The van der Waals surface area contributed by atoms with E-state index in [1.807, 2.05) is 26.0 Å². The van der Waals surface area contributed by atoms with Crippen molar-refractivity contribution in [2.45, 2.75) is 25.2 Å². The zero-order chi connectivity index (χ0) is 18.6. The van der Waals surface area contributed by atoms with E-state index < -0.39 is 26.6 Å². The first kappa shape index (κ1) is 19.0. The van der Waals surface area contributed by atoms with Gasteiger partial charge in [-0.3, -0.25) is 4.79 Å². The number of carbonyl (C=O) groups is 1. The Morgan fingerprint density at radius 2 is 1.80 bits per heavy atom. The molecule has 5 nitrogen and oxygen atoms in total. The third-order valence-corrected chi connectivity index (χ3v) is 5.18. The van der Waals surface area contributed by atoms with Crippen molar-refractivity contribution < 1.29 is 22.0 Å². The van der Waals surface area contributed by atoms with E-state index in [1.165, 1.54) is 0 Å². The van der Waals surface area contributed by atoms with E-state index in [-0.39, 0.29) is 18.9 Å². The molecule has 0 fully saturated rings. The Labute approximate surface area is 145 Å². The molecular formula is C17H18F2N2O3S. The first-order valence-electron chi connectivity index (χ1n) is 7.51. The molecule has 1 amide bonds.